The minimum absolute atomic E-state index is 0.0767. The summed E-state index contributed by atoms with van der Waals surface area (Å²) in [5, 5.41) is 14.2. The number of hydrogen-bond acceptors (Lipinski definition) is 4. The Hall–Kier alpha value is -0.450. The molecule has 0 spiro atoms. The highest BCUT2D eigenvalue weighted by Gasteiger charge is 2.24. The van der Waals surface area contributed by atoms with Gasteiger partial charge in [-0.1, -0.05) is 28.1 Å². The van der Waals surface area contributed by atoms with Crippen molar-refractivity contribution in [2.45, 2.75) is 0 Å². The average Bonchev–Trinajstić information content (AvgIpc) is 3.09. The number of carbonyl (C=O) groups excluding carboxylic acids is 1. The first-order valence-corrected chi connectivity index (χ1v) is 12.8. The molecular formula is C19H11BrI3NO4S. The Kier molecular flexibility index (Phi) is 7.83. The number of benzene rings is 2. The fraction of sp³-hybridized carbons (Fsp3) is 0.0526. The van der Waals surface area contributed by atoms with E-state index < -0.39 is 5.97 Å². The van der Waals surface area contributed by atoms with Crippen LogP contribution in [0.5, 0.6) is 5.75 Å². The number of halogens is 4. The zero-order chi connectivity index (χ0) is 21.3. The summed E-state index contributed by atoms with van der Waals surface area (Å²) in [7, 11) is 1.56. The van der Waals surface area contributed by atoms with Crippen LogP contribution in [0.4, 0.5) is 5.69 Å². The monoisotopic (exact) mass is 809 g/mol. The van der Waals surface area contributed by atoms with Crippen molar-refractivity contribution in [3.8, 4) is 16.2 Å². The second-order valence-electron chi connectivity index (χ2n) is 5.69. The molecule has 1 aromatic heterocycles. The number of rotatable bonds is 5. The molecule has 0 unspecified atom stereocenters. The van der Waals surface area contributed by atoms with Gasteiger partial charge >= 0.3 is 5.97 Å². The lowest BCUT2D eigenvalue weighted by molar-refractivity contribution is 0.0699. The molecule has 3 aromatic rings. The summed E-state index contributed by atoms with van der Waals surface area (Å²) in [5.41, 5.74) is 1.55. The molecule has 1 amide bonds. The number of methoxy groups -OCH3 is 1. The Bertz CT molecular complexity index is 1120. The molecule has 0 aliphatic rings. The summed E-state index contributed by atoms with van der Waals surface area (Å²) in [6.45, 7) is 0. The molecule has 150 valence electrons. The van der Waals surface area contributed by atoms with Crippen LogP contribution in [0.1, 0.15) is 20.7 Å². The Balaban J connectivity index is 2.01. The number of thiophene rings is 1. The van der Waals surface area contributed by atoms with Gasteiger partial charge in [-0.15, -0.1) is 11.3 Å². The molecule has 0 fully saturated rings. The summed E-state index contributed by atoms with van der Waals surface area (Å²) in [6.07, 6.45) is 0. The van der Waals surface area contributed by atoms with E-state index in [1.54, 1.807) is 18.6 Å². The standard InChI is InChI=1S/C19H11BrI3NO4S/c1-28-16-14(22)10(6-11(21)15(16)23)18(25)24-12-7-29-17(13(12)19(26)27)8-2-4-9(20)5-3-8/h2-7H,1H3,(H,24,25)(H,26,27). The van der Waals surface area contributed by atoms with Crippen LogP contribution in [0.3, 0.4) is 0 Å². The third-order valence-electron chi connectivity index (χ3n) is 3.92. The van der Waals surface area contributed by atoms with Crippen LogP contribution < -0.4 is 10.1 Å². The molecule has 0 radical (unpaired) electrons. The van der Waals surface area contributed by atoms with Gasteiger partial charge in [0.25, 0.3) is 5.91 Å². The van der Waals surface area contributed by atoms with Gasteiger partial charge in [-0.05, 0) is 91.5 Å². The highest BCUT2D eigenvalue weighted by Crippen LogP contribution is 2.38. The number of carbonyl (C=O) groups is 2. The van der Waals surface area contributed by atoms with Crippen LogP contribution in [0.2, 0.25) is 0 Å². The highest BCUT2D eigenvalue weighted by atomic mass is 127. The molecule has 5 nitrogen and oxygen atoms in total. The summed E-state index contributed by atoms with van der Waals surface area (Å²) >= 11 is 11.0. The van der Waals surface area contributed by atoms with Gasteiger partial charge in [0.15, 0.2) is 0 Å². The lowest BCUT2D eigenvalue weighted by Crippen LogP contribution is -2.16. The number of hydrogen-bond donors (Lipinski definition) is 2. The normalized spacial score (nSPS) is 10.7. The quantitative estimate of drug-likeness (QED) is 0.216. The van der Waals surface area contributed by atoms with E-state index in [4.69, 9.17) is 4.74 Å². The van der Waals surface area contributed by atoms with Crippen LogP contribution in [-0.4, -0.2) is 24.1 Å². The molecule has 0 saturated carbocycles. The van der Waals surface area contributed by atoms with Crippen molar-refractivity contribution in [3.05, 3.63) is 62.0 Å². The minimum Gasteiger partial charge on any atom is -0.494 e. The van der Waals surface area contributed by atoms with Crippen molar-refractivity contribution in [1.29, 1.82) is 0 Å². The van der Waals surface area contributed by atoms with Gasteiger partial charge in [0.2, 0.25) is 0 Å². The highest BCUT2D eigenvalue weighted by molar-refractivity contribution is 14.1. The molecule has 29 heavy (non-hydrogen) atoms. The number of nitrogens with one attached hydrogen (secondary N) is 1. The van der Waals surface area contributed by atoms with E-state index in [-0.39, 0.29) is 17.2 Å². The smallest absolute Gasteiger partial charge is 0.339 e. The van der Waals surface area contributed by atoms with Gasteiger partial charge in [0.05, 0.1) is 30.4 Å². The summed E-state index contributed by atoms with van der Waals surface area (Å²) in [5.74, 6) is -0.851. The third-order valence-corrected chi connectivity index (χ3v) is 9.51. The number of aromatic carboxylic acids is 1. The van der Waals surface area contributed by atoms with Crippen molar-refractivity contribution < 1.29 is 19.4 Å². The maximum Gasteiger partial charge on any atom is 0.339 e. The van der Waals surface area contributed by atoms with Gasteiger partial charge in [0.1, 0.15) is 11.3 Å². The molecule has 2 N–H and O–H groups in total. The molecule has 0 atom stereocenters. The van der Waals surface area contributed by atoms with Gasteiger partial charge in [-0.25, -0.2) is 4.79 Å². The second-order valence-corrected chi connectivity index (χ2v) is 10.8. The van der Waals surface area contributed by atoms with Crippen molar-refractivity contribution in [3.63, 3.8) is 0 Å². The summed E-state index contributed by atoms with van der Waals surface area (Å²) in [4.78, 5) is 25.5. The molecule has 2 aromatic carbocycles. The molecular weight excluding hydrogens is 799 g/mol. The first-order valence-electron chi connectivity index (χ1n) is 7.88. The van der Waals surface area contributed by atoms with E-state index in [2.05, 4.69) is 89.0 Å². The molecule has 0 aliphatic heterocycles. The molecule has 10 heteroatoms. The average molecular weight is 810 g/mol. The van der Waals surface area contributed by atoms with Crippen LogP contribution in [0.15, 0.2) is 40.2 Å². The van der Waals surface area contributed by atoms with Gasteiger partial charge in [0, 0.05) is 13.4 Å². The zero-order valence-corrected chi connectivity index (χ0v) is 23.4. The molecule has 0 bridgehead atoms. The second kappa shape index (κ2) is 9.78. The third kappa shape index (κ3) is 4.91. The van der Waals surface area contributed by atoms with E-state index in [0.29, 0.717) is 19.8 Å². The SMILES string of the molecule is COc1c(I)c(I)cc(C(=O)Nc2csc(-c3ccc(Br)cc3)c2C(=O)O)c1I. The van der Waals surface area contributed by atoms with E-state index in [1.807, 2.05) is 24.3 Å². The van der Waals surface area contributed by atoms with Crippen molar-refractivity contribution in [2.24, 2.45) is 0 Å². The van der Waals surface area contributed by atoms with Crippen LogP contribution in [-0.2, 0) is 0 Å². The number of amides is 1. The predicted octanol–water partition coefficient (Wildman–Crippen LogP) is 6.95. The number of ether oxygens (including phenoxy) is 1. The summed E-state index contributed by atoms with van der Waals surface area (Å²) < 4.78 is 8.81. The molecule has 0 saturated heterocycles. The minimum atomic E-state index is -1.09. The van der Waals surface area contributed by atoms with Gasteiger partial charge < -0.3 is 15.2 Å². The number of carboxylic acids is 1. The van der Waals surface area contributed by atoms with Crippen molar-refractivity contribution >= 4 is 113 Å². The lowest BCUT2D eigenvalue weighted by Gasteiger charge is -2.13. The molecule has 0 aliphatic carbocycles. The van der Waals surface area contributed by atoms with Crippen LogP contribution >= 0.6 is 95.0 Å². The van der Waals surface area contributed by atoms with Crippen molar-refractivity contribution in [1.82, 2.24) is 0 Å². The van der Waals surface area contributed by atoms with E-state index in [9.17, 15) is 14.7 Å². The Labute approximate surface area is 220 Å². The van der Waals surface area contributed by atoms with Gasteiger partial charge in [-0.2, -0.15) is 0 Å². The van der Waals surface area contributed by atoms with E-state index in [0.717, 1.165) is 17.2 Å². The first kappa shape index (κ1) is 23.2. The van der Waals surface area contributed by atoms with E-state index in [1.165, 1.54) is 11.3 Å². The summed E-state index contributed by atoms with van der Waals surface area (Å²) in [6, 6.07) is 9.14. The van der Waals surface area contributed by atoms with Crippen LogP contribution in [0.25, 0.3) is 10.4 Å². The topological polar surface area (TPSA) is 75.6 Å². The maximum atomic E-state index is 13.0. The Morgan fingerprint density at radius 3 is 2.38 bits per heavy atom. The first-order chi connectivity index (χ1) is 13.7. The van der Waals surface area contributed by atoms with Crippen molar-refractivity contribution in [2.75, 3.05) is 12.4 Å². The fourth-order valence-corrected chi connectivity index (χ4v) is 6.46. The van der Waals surface area contributed by atoms with Crippen LogP contribution in [0, 0.1) is 10.7 Å². The fourth-order valence-electron chi connectivity index (χ4n) is 2.59. The number of carboxylic acid groups (broad SMARTS) is 1. The molecule has 3 rings (SSSR count). The number of anilines is 1. The Morgan fingerprint density at radius 2 is 1.79 bits per heavy atom. The predicted molar refractivity (Wildman–Crippen MR) is 144 cm³/mol. The molecule has 1 heterocycles. The van der Waals surface area contributed by atoms with Gasteiger partial charge in [-0.3, -0.25) is 4.79 Å². The van der Waals surface area contributed by atoms with E-state index >= 15 is 0 Å². The zero-order valence-electron chi connectivity index (χ0n) is 14.6. The maximum absolute atomic E-state index is 13.0. The largest absolute Gasteiger partial charge is 0.494 e. The Morgan fingerprint density at radius 1 is 1.14 bits per heavy atom. The lowest BCUT2D eigenvalue weighted by atomic mass is 10.1.